The number of nitrogens with one attached hydrogen (secondary N) is 1. The Balaban J connectivity index is 1.85. The Kier molecular flexibility index (Phi) is 5.93. The van der Waals surface area contributed by atoms with Crippen molar-refractivity contribution in [1.82, 2.24) is 5.32 Å². The molecule has 1 aliphatic rings. The van der Waals surface area contributed by atoms with Crippen LogP contribution in [0.2, 0.25) is 0 Å². The van der Waals surface area contributed by atoms with Crippen molar-refractivity contribution in [2.75, 3.05) is 0 Å². The van der Waals surface area contributed by atoms with Gasteiger partial charge in [-0.25, -0.2) is 9.59 Å². The van der Waals surface area contributed by atoms with E-state index in [0.717, 1.165) is 25.7 Å². The van der Waals surface area contributed by atoms with Crippen molar-refractivity contribution in [3.63, 3.8) is 0 Å². The fourth-order valence-corrected chi connectivity index (χ4v) is 3.35. The molecule has 0 atom stereocenters. The zero-order valence-electron chi connectivity index (χ0n) is 15.3. The third kappa shape index (κ3) is 4.88. The van der Waals surface area contributed by atoms with Gasteiger partial charge in [0.05, 0.1) is 5.56 Å². The Hall–Kier alpha value is -3.35. The highest BCUT2D eigenvalue weighted by atomic mass is 16.6. The van der Waals surface area contributed by atoms with Gasteiger partial charge < -0.3 is 20.9 Å². The maximum atomic E-state index is 12.2. The molecule has 1 aliphatic carbocycles. The SMILES string of the molecule is NC(=O)c1cccc(-c2cc(OC(=O)NC3CCCCC3)cc(C(=O)O)c2)c1. The Morgan fingerprint density at radius 2 is 1.68 bits per heavy atom. The maximum Gasteiger partial charge on any atom is 0.412 e. The third-order valence-corrected chi connectivity index (χ3v) is 4.77. The highest BCUT2D eigenvalue weighted by molar-refractivity contribution is 5.95. The van der Waals surface area contributed by atoms with Gasteiger partial charge in [-0.05, 0) is 54.3 Å². The minimum Gasteiger partial charge on any atom is -0.478 e. The smallest absolute Gasteiger partial charge is 0.412 e. The Bertz CT molecular complexity index is 903. The van der Waals surface area contributed by atoms with Crippen LogP contribution in [0.3, 0.4) is 0 Å². The first-order valence-electron chi connectivity index (χ1n) is 9.19. The Labute approximate surface area is 162 Å². The first kappa shape index (κ1) is 19.4. The number of ether oxygens (including phenoxy) is 1. The quantitative estimate of drug-likeness (QED) is 0.730. The molecule has 0 aliphatic heterocycles. The molecule has 1 saturated carbocycles. The number of carbonyl (C=O) groups is 3. The van der Waals surface area contributed by atoms with Crippen LogP contribution in [0.1, 0.15) is 52.8 Å². The summed E-state index contributed by atoms with van der Waals surface area (Å²) in [5.41, 5.74) is 6.69. The summed E-state index contributed by atoms with van der Waals surface area (Å²) in [6.07, 6.45) is 4.53. The second-order valence-electron chi connectivity index (χ2n) is 6.87. The Morgan fingerprint density at radius 3 is 2.36 bits per heavy atom. The van der Waals surface area contributed by atoms with Crippen LogP contribution in [0.15, 0.2) is 42.5 Å². The molecule has 0 spiro atoms. The number of carboxylic acid groups (broad SMARTS) is 1. The summed E-state index contributed by atoms with van der Waals surface area (Å²) in [6.45, 7) is 0. The largest absolute Gasteiger partial charge is 0.478 e. The van der Waals surface area contributed by atoms with Crippen LogP contribution >= 0.6 is 0 Å². The number of aromatic carboxylic acids is 1. The van der Waals surface area contributed by atoms with E-state index in [9.17, 15) is 19.5 Å². The lowest BCUT2D eigenvalue weighted by atomic mass is 9.96. The van der Waals surface area contributed by atoms with E-state index in [4.69, 9.17) is 10.5 Å². The van der Waals surface area contributed by atoms with E-state index < -0.39 is 18.0 Å². The predicted octanol–water partition coefficient (Wildman–Crippen LogP) is 3.57. The van der Waals surface area contributed by atoms with Gasteiger partial charge in [-0.1, -0.05) is 31.4 Å². The molecule has 0 bridgehead atoms. The van der Waals surface area contributed by atoms with Gasteiger partial charge in [0.2, 0.25) is 5.91 Å². The second-order valence-corrected chi connectivity index (χ2v) is 6.87. The van der Waals surface area contributed by atoms with Crippen molar-refractivity contribution in [1.29, 1.82) is 0 Å². The second kappa shape index (κ2) is 8.56. The average molecular weight is 382 g/mol. The molecule has 0 saturated heterocycles. The van der Waals surface area contributed by atoms with Crippen molar-refractivity contribution in [2.24, 2.45) is 5.73 Å². The number of carbonyl (C=O) groups excluding carboxylic acids is 2. The van der Waals surface area contributed by atoms with Gasteiger partial charge in [0, 0.05) is 11.6 Å². The van der Waals surface area contributed by atoms with E-state index in [1.165, 1.54) is 18.6 Å². The molecule has 3 rings (SSSR count). The van der Waals surface area contributed by atoms with Crippen LogP contribution in [0.5, 0.6) is 5.75 Å². The average Bonchev–Trinajstić information content (AvgIpc) is 2.68. The summed E-state index contributed by atoms with van der Waals surface area (Å²) < 4.78 is 5.34. The van der Waals surface area contributed by atoms with E-state index in [1.807, 2.05) is 0 Å². The first-order valence-corrected chi connectivity index (χ1v) is 9.19. The molecule has 4 N–H and O–H groups in total. The molecule has 2 aromatic carbocycles. The lowest BCUT2D eigenvalue weighted by Gasteiger charge is -2.22. The Morgan fingerprint density at radius 1 is 0.964 bits per heavy atom. The van der Waals surface area contributed by atoms with Gasteiger partial charge in [-0.3, -0.25) is 4.79 Å². The zero-order chi connectivity index (χ0) is 20.1. The van der Waals surface area contributed by atoms with Crippen LogP contribution in [-0.4, -0.2) is 29.1 Å². The van der Waals surface area contributed by atoms with Crippen molar-refractivity contribution < 1.29 is 24.2 Å². The molecule has 0 unspecified atom stereocenters. The monoisotopic (exact) mass is 382 g/mol. The van der Waals surface area contributed by atoms with Gasteiger partial charge in [-0.15, -0.1) is 0 Å². The minimum absolute atomic E-state index is 0.0255. The number of hydrogen-bond donors (Lipinski definition) is 3. The molecular weight excluding hydrogens is 360 g/mol. The van der Waals surface area contributed by atoms with Crippen LogP contribution in [0, 0.1) is 0 Å². The van der Waals surface area contributed by atoms with Gasteiger partial charge in [-0.2, -0.15) is 0 Å². The highest BCUT2D eigenvalue weighted by Gasteiger charge is 2.18. The van der Waals surface area contributed by atoms with Crippen molar-refractivity contribution in [3.05, 3.63) is 53.6 Å². The number of nitrogens with two attached hydrogens (primary N) is 1. The predicted molar refractivity (Wildman–Crippen MR) is 103 cm³/mol. The number of amides is 2. The topological polar surface area (TPSA) is 119 Å². The number of carboxylic acids is 1. The molecule has 0 aromatic heterocycles. The van der Waals surface area contributed by atoms with Crippen LogP contribution < -0.4 is 15.8 Å². The van der Waals surface area contributed by atoms with Crippen molar-refractivity contribution in [3.8, 4) is 16.9 Å². The number of hydrogen-bond acceptors (Lipinski definition) is 4. The summed E-state index contributed by atoms with van der Waals surface area (Å²) in [5, 5.41) is 12.2. The third-order valence-electron chi connectivity index (χ3n) is 4.77. The van der Waals surface area contributed by atoms with Crippen molar-refractivity contribution in [2.45, 2.75) is 38.1 Å². The van der Waals surface area contributed by atoms with Crippen LogP contribution in [-0.2, 0) is 0 Å². The van der Waals surface area contributed by atoms with Gasteiger partial charge in [0.25, 0.3) is 0 Å². The zero-order valence-corrected chi connectivity index (χ0v) is 15.3. The summed E-state index contributed by atoms with van der Waals surface area (Å²) in [5.74, 6) is -1.61. The van der Waals surface area contributed by atoms with E-state index in [-0.39, 0.29) is 17.4 Å². The highest BCUT2D eigenvalue weighted by Crippen LogP contribution is 2.27. The van der Waals surface area contributed by atoms with Crippen molar-refractivity contribution >= 4 is 18.0 Å². The van der Waals surface area contributed by atoms with Crippen LogP contribution in [0.4, 0.5) is 4.79 Å². The normalized spacial score (nSPS) is 14.3. The summed E-state index contributed by atoms with van der Waals surface area (Å²) in [7, 11) is 0. The maximum absolute atomic E-state index is 12.2. The number of primary amides is 1. The molecule has 2 aromatic rings. The number of rotatable bonds is 5. The van der Waals surface area contributed by atoms with Gasteiger partial charge >= 0.3 is 12.1 Å². The molecule has 28 heavy (non-hydrogen) atoms. The lowest BCUT2D eigenvalue weighted by Crippen LogP contribution is -2.38. The molecular formula is C21H22N2O5. The first-order chi connectivity index (χ1) is 13.4. The minimum atomic E-state index is -1.15. The van der Waals surface area contributed by atoms with E-state index in [1.54, 1.807) is 30.3 Å². The molecule has 1 fully saturated rings. The summed E-state index contributed by atoms with van der Waals surface area (Å²) >= 11 is 0. The fourth-order valence-electron chi connectivity index (χ4n) is 3.35. The van der Waals surface area contributed by atoms with Gasteiger partial charge in [0.1, 0.15) is 5.75 Å². The van der Waals surface area contributed by atoms with Crippen LogP contribution in [0.25, 0.3) is 11.1 Å². The summed E-state index contributed by atoms with van der Waals surface area (Å²) in [4.78, 5) is 35.1. The molecule has 2 amide bonds. The van der Waals surface area contributed by atoms with Gasteiger partial charge in [0.15, 0.2) is 0 Å². The fraction of sp³-hybridized carbons (Fsp3) is 0.286. The molecule has 146 valence electrons. The van der Waals surface area contributed by atoms with E-state index in [0.29, 0.717) is 16.7 Å². The molecule has 7 heteroatoms. The standard InChI is InChI=1S/C21H22N2O5/c22-19(24)14-6-4-5-13(9-14)15-10-16(20(25)26)12-18(11-15)28-21(27)23-17-7-2-1-3-8-17/h4-6,9-12,17H,1-3,7-8H2,(H2,22,24)(H,23,27)(H,25,26). The number of benzene rings is 2. The lowest BCUT2D eigenvalue weighted by molar-refractivity contribution is 0.0696. The molecule has 7 nitrogen and oxygen atoms in total. The van der Waals surface area contributed by atoms with E-state index in [2.05, 4.69) is 5.32 Å². The van der Waals surface area contributed by atoms with E-state index >= 15 is 0 Å². The molecule has 0 heterocycles. The summed E-state index contributed by atoms with van der Waals surface area (Å²) in [6, 6.07) is 10.9. The molecule has 0 radical (unpaired) electrons.